The highest BCUT2D eigenvalue weighted by Crippen LogP contribution is 2.15. The Morgan fingerprint density at radius 2 is 1.23 bits per heavy atom. The number of carbonyl (C=O) groups is 5. The number of esters is 2. The number of rotatable bonds is 17. The normalized spacial score (nSPS) is 13.2. The quantitative estimate of drug-likeness (QED) is 0.160. The minimum Gasteiger partial charge on any atom is -0.489 e. The van der Waals surface area contributed by atoms with E-state index in [1.807, 2.05) is 36.4 Å². The second-order valence-corrected chi connectivity index (χ2v) is 10.9. The summed E-state index contributed by atoms with van der Waals surface area (Å²) in [6, 6.07) is 21.3. The summed E-state index contributed by atoms with van der Waals surface area (Å²) in [5, 5.41) is 7.46. The van der Waals surface area contributed by atoms with Gasteiger partial charge in [0.2, 0.25) is 17.7 Å². The summed E-state index contributed by atoms with van der Waals surface area (Å²) in [6.45, 7) is 4.96. The summed E-state index contributed by atoms with van der Waals surface area (Å²) < 4.78 is 16.0. The molecule has 0 spiro atoms. The molecule has 0 fully saturated rings. The Morgan fingerprint density at radius 3 is 1.83 bits per heavy atom. The minimum atomic E-state index is -1.40. The van der Waals surface area contributed by atoms with Crippen LogP contribution in [-0.2, 0) is 53.1 Å². The highest BCUT2D eigenvalue weighted by atomic mass is 16.5. The molecule has 3 aromatic rings. The second kappa shape index (κ2) is 18.7. The van der Waals surface area contributed by atoms with Gasteiger partial charge in [0.05, 0.1) is 19.1 Å². The molecule has 47 heavy (non-hydrogen) atoms. The lowest BCUT2D eigenvalue weighted by Gasteiger charge is -2.23. The van der Waals surface area contributed by atoms with Crippen LogP contribution in [0.2, 0.25) is 0 Å². The molecule has 3 aromatic carbocycles. The molecule has 3 amide bonds. The summed E-state index contributed by atoms with van der Waals surface area (Å²) in [5.41, 5.74) is 8.70. The zero-order valence-corrected chi connectivity index (χ0v) is 26.8. The van der Waals surface area contributed by atoms with E-state index in [9.17, 15) is 24.0 Å². The molecule has 4 unspecified atom stereocenters. The highest BCUT2D eigenvalue weighted by molar-refractivity contribution is 5.95. The van der Waals surface area contributed by atoms with Gasteiger partial charge in [0.15, 0.2) is 0 Å². The molecule has 0 saturated carbocycles. The molecule has 12 nitrogen and oxygen atoms in total. The number of nitrogens with one attached hydrogen (secondary N) is 3. The van der Waals surface area contributed by atoms with Crippen LogP contribution in [-0.4, -0.2) is 60.4 Å². The van der Waals surface area contributed by atoms with Crippen molar-refractivity contribution < 1.29 is 38.2 Å². The number of carbonyl (C=O) groups excluding carboxylic acids is 5. The van der Waals surface area contributed by atoms with E-state index < -0.39 is 60.2 Å². The van der Waals surface area contributed by atoms with Crippen LogP contribution in [0.25, 0.3) is 0 Å². The van der Waals surface area contributed by atoms with Crippen LogP contribution in [0.3, 0.4) is 0 Å². The molecular weight excluding hydrogens is 604 g/mol. The molecule has 0 aliphatic carbocycles. The maximum atomic E-state index is 13.1. The smallest absolute Gasteiger partial charge is 0.328 e. The van der Waals surface area contributed by atoms with Gasteiger partial charge < -0.3 is 35.9 Å². The fourth-order valence-electron chi connectivity index (χ4n) is 4.31. The van der Waals surface area contributed by atoms with Crippen LogP contribution >= 0.6 is 0 Å². The Morgan fingerprint density at radius 1 is 0.660 bits per heavy atom. The molecule has 0 aliphatic heterocycles. The molecule has 5 N–H and O–H groups in total. The van der Waals surface area contributed by atoms with Crippen molar-refractivity contribution in [2.45, 2.75) is 71.0 Å². The average molecular weight is 647 g/mol. The Kier molecular flexibility index (Phi) is 14.4. The van der Waals surface area contributed by atoms with Crippen LogP contribution in [0.15, 0.2) is 84.9 Å². The fraction of sp³-hybridized carbons (Fsp3) is 0.343. The Labute approximate surface area is 274 Å². The van der Waals surface area contributed by atoms with Crippen molar-refractivity contribution in [3.63, 3.8) is 0 Å². The van der Waals surface area contributed by atoms with Crippen molar-refractivity contribution in [2.24, 2.45) is 5.73 Å². The first-order valence-electron chi connectivity index (χ1n) is 15.3. The van der Waals surface area contributed by atoms with Gasteiger partial charge in [-0.25, -0.2) is 4.79 Å². The number of nitrogens with two attached hydrogens (primary N) is 1. The molecule has 3 rings (SSSR count). The monoisotopic (exact) mass is 646 g/mol. The van der Waals surface area contributed by atoms with Crippen molar-refractivity contribution >= 4 is 29.7 Å². The van der Waals surface area contributed by atoms with Crippen LogP contribution in [0.1, 0.15) is 43.9 Å². The SMILES string of the molecule is CCOC(=O)C(C)NC(=O)C(CC(=O)OCc1ccccc1)NC(=O)C(C)NC(=O)C(N)Cc1ccc(OCc2ccccc2)cc1. The predicted molar refractivity (Wildman–Crippen MR) is 174 cm³/mol. The number of hydrogen-bond acceptors (Lipinski definition) is 9. The van der Waals surface area contributed by atoms with Crippen LogP contribution < -0.4 is 26.4 Å². The van der Waals surface area contributed by atoms with Crippen molar-refractivity contribution in [3.05, 3.63) is 102 Å². The van der Waals surface area contributed by atoms with Gasteiger partial charge in [0.1, 0.15) is 37.1 Å². The maximum absolute atomic E-state index is 13.1. The summed E-state index contributed by atoms with van der Waals surface area (Å²) >= 11 is 0. The van der Waals surface area contributed by atoms with Gasteiger partial charge in [-0.15, -0.1) is 0 Å². The number of benzene rings is 3. The molecule has 0 radical (unpaired) electrons. The fourth-order valence-corrected chi connectivity index (χ4v) is 4.31. The number of ether oxygens (including phenoxy) is 3. The molecule has 250 valence electrons. The van der Waals surface area contributed by atoms with Gasteiger partial charge in [-0.2, -0.15) is 0 Å². The van der Waals surface area contributed by atoms with E-state index in [4.69, 9.17) is 19.9 Å². The lowest BCUT2D eigenvalue weighted by molar-refractivity contribution is -0.148. The third-order valence-electron chi connectivity index (χ3n) is 6.96. The van der Waals surface area contributed by atoms with E-state index in [2.05, 4.69) is 16.0 Å². The van der Waals surface area contributed by atoms with Crippen LogP contribution in [0.5, 0.6) is 5.75 Å². The molecule has 0 aliphatic rings. The third kappa shape index (κ3) is 12.6. The van der Waals surface area contributed by atoms with E-state index in [0.29, 0.717) is 12.4 Å². The largest absolute Gasteiger partial charge is 0.489 e. The molecule has 4 atom stereocenters. The molecule has 0 bridgehead atoms. The van der Waals surface area contributed by atoms with E-state index in [-0.39, 0.29) is 19.6 Å². The van der Waals surface area contributed by atoms with Crippen molar-refractivity contribution in [1.82, 2.24) is 16.0 Å². The maximum Gasteiger partial charge on any atom is 0.328 e. The average Bonchev–Trinajstić information content (AvgIpc) is 3.07. The van der Waals surface area contributed by atoms with Gasteiger partial charge in [0.25, 0.3) is 0 Å². The summed E-state index contributed by atoms with van der Waals surface area (Å²) in [7, 11) is 0. The van der Waals surface area contributed by atoms with Gasteiger partial charge in [-0.1, -0.05) is 72.8 Å². The van der Waals surface area contributed by atoms with E-state index in [0.717, 1.165) is 16.7 Å². The lowest BCUT2D eigenvalue weighted by Crippen LogP contribution is -2.56. The Hall–Kier alpha value is -5.23. The van der Waals surface area contributed by atoms with Gasteiger partial charge in [-0.3, -0.25) is 19.2 Å². The zero-order valence-electron chi connectivity index (χ0n) is 26.8. The van der Waals surface area contributed by atoms with Crippen molar-refractivity contribution in [2.75, 3.05) is 6.61 Å². The standard InChI is InChI=1S/C35H42N4O8/c1-4-45-35(44)24(3)38-34(43)30(20-31(40)47-22-27-13-9-6-10-14-27)39-32(41)23(2)37-33(42)29(36)19-25-15-17-28(18-16-25)46-21-26-11-7-5-8-12-26/h5-18,23-24,29-30H,4,19-22,36H2,1-3H3,(H,37,42)(H,38,43)(H,39,41). The van der Waals surface area contributed by atoms with E-state index >= 15 is 0 Å². The molecule has 0 heterocycles. The van der Waals surface area contributed by atoms with E-state index in [1.165, 1.54) is 13.8 Å². The highest BCUT2D eigenvalue weighted by Gasteiger charge is 2.30. The summed E-state index contributed by atoms with van der Waals surface area (Å²) in [4.78, 5) is 63.6. The van der Waals surface area contributed by atoms with Crippen LogP contribution in [0.4, 0.5) is 0 Å². The Bertz CT molecular complexity index is 1470. The Balaban J connectivity index is 1.55. The van der Waals surface area contributed by atoms with Crippen molar-refractivity contribution in [1.29, 1.82) is 0 Å². The van der Waals surface area contributed by atoms with Gasteiger partial charge in [0, 0.05) is 0 Å². The van der Waals surface area contributed by atoms with Crippen molar-refractivity contribution in [3.8, 4) is 5.75 Å². The zero-order chi connectivity index (χ0) is 34.2. The number of hydrogen-bond donors (Lipinski definition) is 4. The van der Waals surface area contributed by atoms with Gasteiger partial charge >= 0.3 is 11.9 Å². The molecule has 12 heteroatoms. The predicted octanol–water partition coefficient (Wildman–Crippen LogP) is 2.33. The molecule has 0 aromatic heterocycles. The first-order chi connectivity index (χ1) is 22.5. The first-order valence-corrected chi connectivity index (χ1v) is 15.3. The lowest BCUT2D eigenvalue weighted by atomic mass is 10.1. The summed E-state index contributed by atoms with van der Waals surface area (Å²) in [5.74, 6) is -2.90. The van der Waals surface area contributed by atoms with E-state index in [1.54, 1.807) is 55.5 Å². The number of amides is 3. The first kappa shape index (κ1) is 36.2. The minimum absolute atomic E-state index is 0.0328. The molecular formula is C35H42N4O8. The summed E-state index contributed by atoms with van der Waals surface area (Å²) in [6.07, 6.45) is -0.325. The third-order valence-corrected chi connectivity index (χ3v) is 6.96. The second-order valence-electron chi connectivity index (χ2n) is 10.9. The van der Waals surface area contributed by atoms with Gasteiger partial charge in [-0.05, 0) is 56.0 Å². The molecule has 0 saturated heterocycles. The van der Waals surface area contributed by atoms with Crippen LogP contribution in [0, 0.1) is 0 Å². The topological polar surface area (TPSA) is 175 Å².